The van der Waals surface area contributed by atoms with Gasteiger partial charge >= 0.3 is 0 Å². The number of nitrogens with one attached hydrogen (secondary N) is 1. The van der Waals surface area contributed by atoms with Crippen LogP contribution >= 0.6 is 0 Å². The number of nitrogens with zero attached hydrogens (tertiary/aromatic N) is 1. The summed E-state index contributed by atoms with van der Waals surface area (Å²) in [6, 6.07) is 15.0. The van der Waals surface area contributed by atoms with Crippen LogP contribution in [0.3, 0.4) is 0 Å². The largest absolute Gasteiger partial charge is 0.399 e. The Morgan fingerprint density at radius 2 is 1.73 bits per heavy atom. The van der Waals surface area contributed by atoms with Crippen LogP contribution in [0, 0.1) is 0 Å². The van der Waals surface area contributed by atoms with Crippen molar-refractivity contribution >= 4 is 23.0 Å². The number of benzene rings is 2. The second-order valence-corrected chi connectivity index (χ2v) is 5.64. The molecule has 0 radical (unpaired) electrons. The molecule has 0 saturated carbocycles. The first kappa shape index (κ1) is 14.4. The smallest absolute Gasteiger partial charge is 0.255 e. The minimum Gasteiger partial charge on any atom is -0.399 e. The van der Waals surface area contributed by atoms with Crippen LogP contribution in [0.2, 0.25) is 0 Å². The fourth-order valence-electron chi connectivity index (χ4n) is 2.85. The van der Waals surface area contributed by atoms with Crippen molar-refractivity contribution in [3.05, 3.63) is 54.1 Å². The number of anilines is 3. The van der Waals surface area contributed by atoms with Gasteiger partial charge in [0, 0.05) is 24.3 Å². The monoisotopic (exact) mass is 295 g/mol. The zero-order chi connectivity index (χ0) is 15.4. The summed E-state index contributed by atoms with van der Waals surface area (Å²) in [4.78, 5) is 14.7. The molecular formula is C18H21N3O. The molecule has 0 bridgehead atoms. The molecule has 1 saturated heterocycles. The summed E-state index contributed by atoms with van der Waals surface area (Å²) in [6.07, 6.45) is 3.66. The summed E-state index contributed by atoms with van der Waals surface area (Å²) in [5.74, 6) is -0.107. The topological polar surface area (TPSA) is 58.4 Å². The number of nitrogen functional groups attached to an aromatic ring is 1. The average Bonchev–Trinajstić information content (AvgIpc) is 2.56. The molecule has 114 valence electrons. The van der Waals surface area contributed by atoms with Crippen LogP contribution in [0.1, 0.15) is 29.6 Å². The minimum absolute atomic E-state index is 0.107. The maximum atomic E-state index is 12.4. The van der Waals surface area contributed by atoms with Crippen LogP contribution in [-0.4, -0.2) is 19.0 Å². The van der Waals surface area contributed by atoms with Crippen molar-refractivity contribution in [2.75, 3.05) is 29.0 Å². The van der Waals surface area contributed by atoms with E-state index >= 15 is 0 Å². The fourth-order valence-corrected chi connectivity index (χ4v) is 2.85. The van der Waals surface area contributed by atoms with Crippen LogP contribution in [0.15, 0.2) is 48.5 Å². The Kier molecular flexibility index (Phi) is 4.28. The van der Waals surface area contributed by atoms with Gasteiger partial charge in [0.05, 0.1) is 11.4 Å². The number of carbonyl (C=O) groups excluding carboxylic acids is 1. The Morgan fingerprint density at radius 1 is 1.00 bits per heavy atom. The molecule has 3 rings (SSSR count). The van der Waals surface area contributed by atoms with Gasteiger partial charge in [-0.3, -0.25) is 4.79 Å². The summed E-state index contributed by atoms with van der Waals surface area (Å²) < 4.78 is 0. The molecular weight excluding hydrogens is 274 g/mol. The highest BCUT2D eigenvalue weighted by Crippen LogP contribution is 2.30. The summed E-state index contributed by atoms with van der Waals surface area (Å²) >= 11 is 0. The lowest BCUT2D eigenvalue weighted by Gasteiger charge is -2.30. The minimum atomic E-state index is -0.107. The van der Waals surface area contributed by atoms with Crippen molar-refractivity contribution in [3.63, 3.8) is 0 Å². The van der Waals surface area contributed by atoms with E-state index in [2.05, 4.69) is 10.2 Å². The Bertz CT molecular complexity index is 649. The van der Waals surface area contributed by atoms with Gasteiger partial charge < -0.3 is 16.0 Å². The lowest BCUT2D eigenvalue weighted by molar-refractivity contribution is 0.102. The van der Waals surface area contributed by atoms with Gasteiger partial charge in [0.15, 0.2) is 0 Å². The number of carbonyl (C=O) groups is 1. The second-order valence-electron chi connectivity index (χ2n) is 5.64. The van der Waals surface area contributed by atoms with Gasteiger partial charge in [0.2, 0.25) is 0 Å². The summed E-state index contributed by atoms with van der Waals surface area (Å²) in [7, 11) is 0. The third kappa shape index (κ3) is 3.22. The first-order chi connectivity index (χ1) is 10.7. The lowest BCUT2D eigenvalue weighted by Crippen LogP contribution is -2.30. The molecule has 1 amide bonds. The van der Waals surface area contributed by atoms with E-state index in [1.165, 1.54) is 19.3 Å². The van der Waals surface area contributed by atoms with Crippen LogP contribution in [0.25, 0.3) is 0 Å². The van der Waals surface area contributed by atoms with Crippen LogP contribution < -0.4 is 16.0 Å². The molecule has 1 heterocycles. The van der Waals surface area contributed by atoms with Crippen LogP contribution in [-0.2, 0) is 0 Å². The molecule has 1 aliphatic rings. The quantitative estimate of drug-likeness (QED) is 0.852. The van der Waals surface area contributed by atoms with E-state index in [0.29, 0.717) is 11.3 Å². The molecule has 0 aliphatic carbocycles. The number of hydrogen-bond donors (Lipinski definition) is 2. The van der Waals surface area contributed by atoms with Gasteiger partial charge in [-0.25, -0.2) is 0 Å². The number of amides is 1. The lowest BCUT2D eigenvalue weighted by atomic mass is 10.1. The van der Waals surface area contributed by atoms with Crippen LogP contribution in [0.5, 0.6) is 0 Å². The van der Waals surface area contributed by atoms with Gasteiger partial charge in [0.1, 0.15) is 0 Å². The molecule has 0 spiro atoms. The van der Waals surface area contributed by atoms with E-state index in [-0.39, 0.29) is 5.91 Å². The van der Waals surface area contributed by atoms with E-state index in [4.69, 9.17) is 5.73 Å². The molecule has 0 atom stereocenters. The molecule has 2 aromatic carbocycles. The molecule has 1 fully saturated rings. The predicted octanol–water partition coefficient (Wildman–Crippen LogP) is 3.51. The van der Waals surface area contributed by atoms with Gasteiger partial charge in [-0.2, -0.15) is 0 Å². The maximum absolute atomic E-state index is 12.4. The van der Waals surface area contributed by atoms with Gasteiger partial charge in [-0.1, -0.05) is 18.2 Å². The Morgan fingerprint density at radius 3 is 2.45 bits per heavy atom. The highest BCUT2D eigenvalue weighted by Gasteiger charge is 2.16. The van der Waals surface area contributed by atoms with E-state index in [1.807, 2.05) is 48.5 Å². The third-order valence-corrected chi connectivity index (χ3v) is 4.00. The van der Waals surface area contributed by atoms with E-state index < -0.39 is 0 Å². The van der Waals surface area contributed by atoms with Crippen LogP contribution in [0.4, 0.5) is 17.1 Å². The molecule has 0 unspecified atom stereocenters. The highest BCUT2D eigenvalue weighted by atomic mass is 16.1. The molecule has 4 heteroatoms. The first-order valence-electron chi connectivity index (χ1n) is 7.75. The summed E-state index contributed by atoms with van der Waals surface area (Å²) in [5, 5.41) is 3.00. The molecule has 22 heavy (non-hydrogen) atoms. The first-order valence-corrected chi connectivity index (χ1v) is 7.75. The van der Waals surface area contributed by atoms with Gasteiger partial charge in [-0.05, 0) is 49.6 Å². The van der Waals surface area contributed by atoms with Crippen molar-refractivity contribution in [2.24, 2.45) is 0 Å². The second kappa shape index (κ2) is 6.52. The van der Waals surface area contributed by atoms with Crippen molar-refractivity contribution in [2.45, 2.75) is 19.3 Å². The Hall–Kier alpha value is -2.49. The average molecular weight is 295 g/mol. The Balaban J connectivity index is 1.85. The number of piperidine rings is 1. The number of hydrogen-bond acceptors (Lipinski definition) is 3. The standard InChI is InChI=1S/C18H21N3O/c19-15-9-10-17(21-11-5-2-6-12-21)16(13-15)20-18(22)14-7-3-1-4-8-14/h1,3-4,7-10,13H,2,5-6,11-12,19H2,(H,20,22). The predicted molar refractivity (Wildman–Crippen MR) is 91.3 cm³/mol. The Labute approximate surface area is 130 Å². The number of rotatable bonds is 3. The van der Waals surface area contributed by atoms with E-state index in [0.717, 1.165) is 24.5 Å². The fraction of sp³-hybridized carbons (Fsp3) is 0.278. The van der Waals surface area contributed by atoms with E-state index in [1.54, 1.807) is 0 Å². The maximum Gasteiger partial charge on any atom is 0.255 e. The van der Waals surface area contributed by atoms with Gasteiger partial charge in [0.25, 0.3) is 5.91 Å². The normalized spacial score (nSPS) is 14.6. The van der Waals surface area contributed by atoms with Crippen molar-refractivity contribution in [1.29, 1.82) is 0 Å². The molecule has 2 aromatic rings. The highest BCUT2D eigenvalue weighted by molar-refractivity contribution is 6.06. The molecule has 1 aliphatic heterocycles. The SMILES string of the molecule is Nc1ccc(N2CCCCC2)c(NC(=O)c2ccccc2)c1. The molecule has 4 nitrogen and oxygen atoms in total. The summed E-state index contributed by atoms with van der Waals surface area (Å²) in [6.45, 7) is 2.05. The molecule has 3 N–H and O–H groups in total. The van der Waals surface area contributed by atoms with Crippen molar-refractivity contribution in [1.82, 2.24) is 0 Å². The zero-order valence-corrected chi connectivity index (χ0v) is 12.6. The van der Waals surface area contributed by atoms with E-state index in [9.17, 15) is 4.79 Å². The summed E-state index contributed by atoms with van der Waals surface area (Å²) in [5.41, 5.74) is 9.05. The zero-order valence-electron chi connectivity index (χ0n) is 12.6. The molecule has 0 aromatic heterocycles. The third-order valence-electron chi connectivity index (χ3n) is 4.00. The number of nitrogens with two attached hydrogens (primary N) is 1. The van der Waals surface area contributed by atoms with Gasteiger partial charge in [-0.15, -0.1) is 0 Å². The van der Waals surface area contributed by atoms with Crippen molar-refractivity contribution in [3.8, 4) is 0 Å². The van der Waals surface area contributed by atoms with Crippen molar-refractivity contribution < 1.29 is 4.79 Å².